The summed E-state index contributed by atoms with van der Waals surface area (Å²) < 4.78 is 0. The third kappa shape index (κ3) is 7.20. The highest BCUT2D eigenvalue weighted by Crippen LogP contribution is 2.29. The summed E-state index contributed by atoms with van der Waals surface area (Å²) in [6.07, 6.45) is 0. The van der Waals surface area contributed by atoms with Gasteiger partial charge in [0.2, 0.25) is 0 Å². The van der Waals surface area contributed by atoms with E-state index in [9.17, 15) is 9.59 Å². The Morgan fingerprint density at radius 2 is 1.00 bits per heavy atom. The Hall–Kier alpha value is -2.64. The van der Waals surface area contributed by atoms with Crippen LogP contribution in [0, 0.1) is 0 Å². The van der Waals surface area contributed by atoms with Crippen LogP contribution in [0.5, 0.6) is 0 Å². The standard InChI is InChI=1S/C26H26Cl4N4O2/c1-25(2,33-23(35)31-21-10-8-17(27)13-19(21)29)15-6-5-7-16(12-15)26(3,4)34-24(36)32-22-11-9-18(28)14-20(22)30/h5-14H,1-4H3,(H2,31,33,35)(H2,32,34,36). The van der Waals surface area contributed by atoms with Crippen molar-refractivity contribution >= 4 is 69.8 Å². The van der Waals surface area contributed by atoms with Crippen molar-refractivity contribution in [1.82, 2.24) is 10.6 Å². The molecule has 10 heteroatoms. The number of benzene rings is 3. The van der Waals surface area contributed by atoms with E-state index in [0.717, 1.165) is 11.1 Å². The summed E-state index contributed by atoms with van der Waals surface area (Å²) in [6.45, 7) is 7.52. The lowest BCUT2D eigenvalue weighted by molar-refractivity contribution is 0.241. The number of hydrogen-bond donors (Lipinski definition) is 4. The highest BCUT2D eigenvalue weighted by molar-refractivity contribution is 6.37. The zero-order valence-corrected chi connectivity index (χ0v) is 23.1. The van der Waals surface area contributed by atoms with Crippen LogP contribution in [0.1, 0.15) is 38.8 Å². The fourth-order valence-electron chi connectivity index (χ4n) is 3.50. The van der Waals surface area contributed by atoms with Crippen molar-refractivity contribution in [3.63, 3.8) is 0 Å². The van der Waals surface area contributed by atoms with Crippen LogP contribution < -0.4 is 21.3 Å². The van der Waals surface area contributed by atoms with Crippen molar-refractivity contribution in [3.8, 4) is 0 Å². The van der Waals surface area contributed by atoms with E-state index in [1.165, 1.54) is 0 Å². The van der Waals surface area contributed by atoms with Crippen LogP contribution in [0.3, 0.4) is 0 Å². The normalized spacial score (nSPS) is 11.6. The second-order valence-electron chi connectivity index (χ2n) is 9.24. The molecule has 4 N–H and O–H groups in total. The topological polar surface area (TPSA) is 82.3 Å². The molecule has 190 valence electrons. The molecule has 0 aliphatic carbocycles. The van der Waals surface area contributed by atoms with Gasteiger partial charge in [-0.05, 0) is 75.2 Å². The van der Waals surface area contributed by atoms with Crippen molar-refractivity contribution in [1.29, 1.82) is 0 Å². The molecule has 4 amide bonds. The highest BCUT2D eigenvalue weighted by atomic mass is 35.5. The maximum Gasteiger partial charge on any atom is 0.319 e. The molecule has 0 spiro atoms. The lowest BCUT2D eigenvalue weighted by atomic mass is 9.87. The van der Waals surface area contributed by atoms with Crippen LogP contribution in [0.4, 0.5) is 21.0 Å². The molecule has 0 aromatic heterocycles. The van der Waals surface area contributed by atoms with E-state index in [1.807, 2.05) is 52.0 Å². The van der Waals surface area contributed by atoms with Crippen molar-refractivity contribution in [2.24, 2.45) is 0 Å². The van der Waals surface area contributed by atoms with Crippen molar-refractivity contribution in [3.05, 3.63) is 91.9 Å². The zero-order chi connectivity index (χ0) is 26.7. The van der Waals surface area contributed by atoms with E-state index in [0.29, 0.717) is 31.5 Å². The smallest absolute Gasteiger partial charge is 0.319 e. The number of hydrogen-bond acceptors (Lipinski definition) is 2. The Morgan fingerprint density at radius 3 is 1.36 bits per heavy atom. The maximum atomic E-state index is 12.7. The van der Waals surface area contributed by atoms with Crippen LogP contribution in [0.25, 0.3) is 0 Å². The van der Waals surface area contributed by atoms with Gasteiger partial charge in [0.1, 0.15) is 0 Å². The molecule has 3 rings (SSSR count). The Morgan fingerprint density at radius 1 is 0.611 bits per heavy atom. The summed E-state index contributed by atoms with van der Waals surface area (Å²) in [5.41, 5.74) is 1.09. The van der Waals surface area contributed by atoms with Crippen LogP contribution >= 0.6 is 46.4 Å². The second kappa shape index (κ2) is 11.2. The molecule has 0 aliphatic rings. The molecule has 6 nitrogen and oxygen atoms in total. The van der Waals surface area contributed by atoms with Gasteiger partial charge in [-0.2, -0.15) is 0 Å². The Kier molecular flexibility index (Phi) is 8.67. The predicted octanol–water partition coefficient (Wildman–Crippen LogP) is 8.41. The molecule has 0 bridgehead atoms. The quantitative estimate of drug-likeness (QED) is 0.241. The van der Waals surface area contributed by atoms with E-state index in [4.69, 9.17) is 46.4 Å². The average molecular weight is 568 g/mol. The van der Waals surface area contributed by atoms with E-state index >= 15 is 0 Å². The molecule has 3 aromatic rings. The molecule has 36 heavy (non-hydrogen) atoms. The number of halogens is 4. The summed E-state index contributed by atoms with van der Waals surface area (Å²) >= 11 is 24.2. The van der Waals surface area contributed by atoms with Crippen molar-refractivity contribution < 1.29 is 9.59 Å². The fraction of sp³-hybridized carbons (Fsp3) is 0.231. The maximum absolute atomic E-state index is 12.7. The number of amides is 4. The third-order valence-electron chi connectivity index (χ3n) is 5.52. The van der Waals surface area contributed by atoms with Gasteiger partial charge in [0.15, 0.2) is 0 Å². The van der Waals surface area contributed by atoms with E-state index in [-0.39, 0.29) is 0 Å². The number of rotatable bonds is 6. The van der Waals surface area contributed by atoms with Crippen LogP contribution in [-0.2, 0) is 11.1 Å². The molecule has 0 saturated carbocycles. The van der Waals surface area contributed by atoms with E-state index in [1.54, 1.807) is 36.4 Å². The first-order valence-electron chi connectivity index (χ1n) is 11.0. The van der Waals surface area contributed by atoms with Crippen LogP contribution in [0.15, 0.2) is 60.7 Å². The molecule has 0 radical (unpaired) electrons. The van der Waals surface area contributed by atoms with Gasteiger partial charge < -0.3 is 21.3 Å². The van der Waals surface area contributed by atoms with Gasteiger partial charge in [0, 0.05) is 10.0 Å². The van der Waals surface area contributed by atoms with Gasteiger partial charge >= 0.3 is 12.1 Å². The lowest BCUT2D eigenvalue weighted by Gasteiger charge is -2.31. The first-order valence-corrected chi connectivity index (χ1v) is 12.5. The second-order valence-corrected chi connectivity index (χ2v) is 10.9. The number of nitrogens with one attached hydrogen (secondary N) is 4. The van der Waals surface area contributed by atoms with Crippen LogP contribution in [0.2, 0.25) is 20.1 Å². The first kappa shape index (κ1) is 27.9. The minimum atomic E-state index is -0.742. The fourth-order valence-corrected chi connectivity index (χ4v) is 4.41. The molecule has 0 atom stereocenters. The average Bonchev–Trinajstić information content (AvgIpc) is 2.77. The van der Waals surface area contributed by atoms with Crippen LogP contribution in [-0.4, -0.2) is 12.1 Å². The van der Waals surface area contributed by atoms with E-state index < -0.39 is 23.1 Å². The van der Waals surface area contributed by atoms with Gasteiger partial charge in [-0.3, -0.25) is 0 Å². The van der Waals surface area contributed by atoms with Gasteiger partial charge in [-0.25, -0.2) is 9.59 Å². The molecule has 0 unspecified atom stereocenters. The summed E-state index contributed by atoms with van der Waals surface area (Å²) in [5.74, 6) is 0. The van der Waals surface area contributed by atoms with Gasteiger partial charge in [-0.15, -0.1) is 0 Å². The molecule has 0 fully saturated rings. The summed E-state index contributed by atoms with van der Waals surface area (Å²) in [5, 5.41) is 13.0. The predicted molar refractivity (Wildman–Crippen MR) is 150 cm³/mol. The SMILES string of the molecule is CC(C)(NC(=O)Nc1ccc(Cl)cc1Cl)c1cccc(C(C)(C)NC(=O)Nc2ccc(Cl)cc2Cl)c1. The highest BCUT2D eigenvalue weighted by Gasteiger charge is 2.28. The minimum Gasteiger partial charge on any atom is -0.329 e. The Labute approximate surface area is 230 Å². The zero-order valence-electron chi connectivity index (χ0n) is 20.1. The van der Waals surface area contributed by atoms with Crippen molar-refractivity contribution in [2.45, 2.75) is 38.8 Å². The molecular formula is C26H26Cl4N4O2. The molecule has 0 heterocycles. The number of urea groups is 2. The lowest BCUT2D eigenvalue weighted by Crippen LogP contribution is -2.45. The van der Waals surface area contributed by atoms with E-state index in [2.05, 4.69) is 21.3 Å². The Balaban J connectivity index is 1.71. The first-order chi connectivity index (χ1) is 16.8. The summed E-state index contributed by atoms with van der Waals surface area (Å²) in [4.78, 5) is 25.4. The number of carbonyl (C=O) groups excluding carboxylic acids is 2. The molecule has 3 aromatic carbocycles. The monoisotopic (exact) mass is 566 g/mol. The minimum absolute atomic E-state index is 0.337. The summed E-state index contributed by atoms with van der Waals surface area (Å²) in [7, 11) is 0. The Bertz CT molecular complexity index is 1200. The largest absolute Gasteiger partial charge is 0.329 e. The number of anilines is 2. The van der Waals surface area contributed by atoms with Crippen molar-refractivity contribution in [2.75, 3.05) is 10.6 Å². The third-order valence-corrected chi connectivity index (χ3v) is 6.61. The molecule has 0 saturated heterocycles. The van der Waals surface area contributed by atoms with Gasteiger partial charge in [0.25, 0.3) is 0 Å². The number of carbonyl (C=O) groups is 2. The van der Waals surface area contributed by atoms with Gasteiger partial charge in [-0.1, -0.05) is 70.7 Å². The summed E-state index contributed by atoms with van der Waals surface area (Å²) in [6, 6.07) is 16.4. The molecular weight excluding hydrogens is 542 g/mol. The molecule has 0 aliphatic heterocycles. The van der Waals surface area contributed by atoms with Gasteiger partial charge in [0.05, 0.1) is 32.5 Å².